The Bertz CT molecular complexity index is 372. The van der Waals surface area contributed by atoms with Gasteiger partial charge in [0.25, 0.3) is 0 Å². The molecule has 0 amide bonds. The molecule has 0 bridgehead atoms. The Hall–Kier alpha value is -1.51. The summed E-state index contributed by atoms with van der Waals surface area (Å²) in [5.74, 6) is 0.999. The van der Waals surface area contributed by atoms with Crippen LogP contribution in [0.2, 0.25) is 0 Å². The number of hydrogen-bond acceptors (Lipinski definition) is 2. The van der Waals surface area contributed by atoms with E-state index in [0.717, 1.165) is 17.1 Å². The van der Waals surface area contributed by atoms with E-state index in [4.69, 9.17) is 0 Å². The van der Waals surface area contributed by atoms with E-state index in [0.29, 0.717) is 6.04 Å². The molecular weight excluding hydrogens is 162 g/mol. The number of aromatic nitrogens is 1. The first-order valence-electron chi connectivity index (χ1n) is 4.39. The van der Waals surface area contributed by atoms with Gasteiger partial charge in [-0.25, -0.2) is 4.99 Å². The molecule has 3 nitrogen and oxygen atoms in total. The molecule has 1 N–H and O–H groups in total. The van der Waals surface area contributed by atoms with Crippen molar-refractivity contribution < 1.29 is 0 Å². The second-order valence-corrected chi connectivity index (χ2v) is 3.44. The van der Waals surface area contributed by atoms with Gasteiger partial charge in [0.05, 0.1) is 6.34 Å². The molecule has 0 saturated carbocycles. The molecule has 1 aromatic heterocycles. The Morgan fingerprint density at radius 1 is 1.54 bits per heavy atom. The normalized spacial score (nSPS) is 14.5. The summed E-state index contributed by atoms with van der Waals surface area (Å²) in [6, 6.07) is 2.48. The third-order valence-electron chi connectivity index (χ3n) is 2.19. The molecule has 0 fully saturated rings. The highest BCUT2D eigenvalue weighted by Crippen LogP contribution is 2.30. The molecule has 1 aromatic rings. The van der Waals surface area contributed by atoms with Gasteiger partial charge >= 0.3 is 0 Å². The van der Waals surface area contributed by atoms with Gasteiger partial charge < -0.3 is 9.88 Å². The number of aliphatic imine (C=N–C) groups is 1. The summed E-state index contributed by atoms with van der Waals surface area (Å²) in [5.41, 5.74) is 2.01. The van der Waals surface area contributed by atoms with Crippen molar-refractivity contribution in [2.75, 3.05) is 0 Å². The van der Waals surface area contributed by atoms with Gasteiger partial charge in [-0.3, -0.25) is 0 Å². The number of nitrogens with one attached hydrogen (secondary N) is 1. The van der Waals surface area contributed by atoms with Crippen LogP contribution in [0.1, 0.15) is 25.5 Å². The molecule has 2 rings (SSSR count). The molecule has 3 heteroatoms. The maximum absolute atomic E-state index is 4.29. The van der Waals surface area contributed by atoms with E-state index >= 15 is 0 Å². The van der Waals surface area contributed by atoms with Crippen molar-refractivity contribution in [3.05, 3.63) is 24.4 Å². The predicted octanol–water partition coefficient (Wildman–Crippen LogP) is 2.30. The first-order valence-corrected chi connectivity index (χ1v) is 4.39. The van der Waals surface area contributed by atoms with Crippen molar-refractivity contribution in [2.45, 2.75) is 19.9 Å². The van der Waals surface area contributed by atoms with Gasteiger partial charge in [0.2, 0.25) is 0 Å². The Labute approximate surface area is 77.8 Å². The van der Waals surface area contributed by atoms with Crippen molar-refractivity contribution in [3.63, 3.8) is 0 Å². The van der Waals surface area contributed by atoms with Crippen molar-refractivity contribution in [1.29, 1.82) is 0 Å². The van der Waals surface area contributed by atoms with Crippen LogP contribution in [0.5, 0.6) is 0 Å². The number of rotatable bonds is 1. The molecule has 0 aromatic carbocycles. The largest absolute Gasteiger partial charge is 0.346 e. The maximum atomic E-state index is 4.29. The van der Waals surface area contributed by atoms with Gasteiger partial charge in [-0.05, 0) is 19.9 Å². The highest BCUT2D eigenvalue weighted by molar-refractivity contribution is 5.85. The van der Waals surface area contributed by atoms with E-state index in [2.05, 4.69) is 35.3 Å². The molecule has 0 unspecified atom stereocenters. The second kappa shape index (κ2) is 2.76. The molecule has 1 aliphatic heterocycles. The van der Waals surface area contributed by atoms with Crippen LogP contribution in [0.3, 0.4) is 0 Å². The van der Waals surface area contributed by atoms with Crippen molar-refractivity contribution in [3.8, 4) is 0 Å². The van der Waals surface area contributed by atoms with E-state index in [1.165, 1.54) is 0 Å². The average Bonchev–Trinajstić information content (AvgIpc) is 2.48. The molecule has 0 saturated heterocycles. The van der Waals surface area contributed by atoms with Gasteiger partial charge in [0, 0.05) is 23.5 Å². The first kappa shape index (κ1) is 8.10. The van der Waals surface area contributed by atoms with Gasteiger partial charge in [-0.2, -0.15) is 0 Å². The highest BCUT2D eigenvalue weighted by atomic mass is 15.1. The predicted molar refractivity (Wildman–Crippen MR) is 55.1 cm³/mol. The molecule has 0 aliphatic carbocycles. The maximum Gasteiger partial charge on any atom is 0.143 e. The summed E-state index contributed by atoms with van der Waals surface area (Å²) in [4.78, 5) is 4.29. The van der Waals surface area contributed by atoms with Crippen LogP contribution >= 0.6 is 0 Å². The zero-order valence-corrected chi connectivity index (χ0v) is 7.91. The van der Waals surface area contributed by atoms with Crippen LogP contribution in [0.4, 0.5) is 5.82 Å². The van der Waals surface area contributed by atoms with Gasteiger partial charge in [0.1, 0.15) is 5.82 Å². The van der Waals surface area contributed by atoms with Crippen LogP contribution < -0.4 is 5.32 Å². The molecule has 1 aliphatic rings. The van der Waals surface area contributed by atoms with E-state index in [1.807, 2.05) is 12.3 Å². The lowest BCUT2D eigenvalue weighted by atomic mass is 10.2. The molecule has 2 heterocycles. The number of hydrogen-bond donors (Lipinski definition) is 1. The van der Waals surface area contributed by atoms with E-state index < -0.39 is 0 Å². The molecule has 13 heavy (non-hydrogen) atoms. The van der Waals surface area contributed by atoms with Crippen LogP contribution in [0, 0.1) is 0 Å². The van der Waals surface area contributed by atoms with Crippen LogP contribution in [0.25, 0.3) is 5.70 Å². The van der Waals surface area contributed by atoms with E-state index in [1.54, 1.807) is 6.34 Å². The fourth-order valence-electron chi connectivity index (χ4n) is 1.48. The number of fused-ring (bicyclic) bond motifs is 1. The minimum atomic E-state index is 0.437. The lowest BCUT2D eigenvalue weighted by Crippen LogP contribution is -2.12. The zero-order chi connectivity index (χ0) is 9.42. The van der Waals surface area contributed by atoms with Gasteiger partial charge in [0.15, 0.2) is 0 Å². The first-order chi connectivity index (χ1) is 6.20. The Balaban J connectivity index is 2.55. The minimum absolute atomic E-state index is 0.437. The molecule has 68 valence electrons. The van der Waals surface area contributed by atoms with Crippen molar-refractivity contribution in [2.24, 2.45) is 4.99 Å². The summed E-state index contributed by atoms with van der Waals surface area (Å²) >= 11 is 0. The molecule has 0 radical (unpaired) electrons. The monoisotopic (exact) mass is 175 g/mol. The summed E-state index contributed by atoms with van der Waals surface area (Å²) in [6.07, 6.45) is 3.73. The Morgan fingerprint density at radius 3 is 3.00 bits per heavy atom. The lowest BCUT2D eigenvalue weighted by molar-refractivity contribution is 0.607. The van der Waals surface area contributed by atoms with Crippen LogP contribution in [0.15, 0.2) is 23.8 Å². The molecule has 0 atom stereocenters. The summed E-state index contributed by atoms with van der Waals surface area (Å²) in [7, 11) is 0. The SMILES string of the molecule is C=C1NC=Nc2c1ccn2C(C)C. The Kier molecular flexibility index (Phi) is 1.72. The topological polar surface area (TPSA) is 29.3 Å². The fraction of sp³-hybridized carbons (Fsp3) is 0.300. The standard InChI is InChI=1S/C10H13N3/c1-7(2)13-5-4-9-8(3)11-6-12-10(9)13/h4-7H,3H2,1-2H3,(H,11,12). The summed E-state index contributed by atoms with van der Waals surface area (Å²) in [5, 5.41) is 2.99. The minimum Gasteiger partial charge on any atom is -0.346 e. The van der Waals surface area contributed by atoms with E-state index in [-0.39, 0.29) is 0 Å². The van der Waals surface area contributed by atoms with Crippen molar-refractivity contribution in [1.82, 2.24) is 9.88 Å². The third kappa shape index (κ3) is 1.16. The molecular formula is C10H13N3. The molecule has 0 spiro atoms. The third-order valence-corrected chi connectivity index (χ3v) is 2.19. The van der Waals surface area contributed by atoms with Crippen LogP contribution in [-0.2, 0) is 0 Å². The number of nitrogens with zero attached hydrogens (tertiary/aromatic N) is 2. The van der Waals surface area contributed by atoms with Gasteiger partial charge in [-0.1, -0.05) is 6.58 Å². The average molecular weight is 175 g/mol. The second-order valence-electron chi connectivity index (χ2n) is 3.44. The smallest absolute Gasteiger partial charge is 0.143 e. The lowest BCUT2D eigenvalue weighted by Gasteiger charge is -2.15. The fourth-order valence-corrected chi connectivity index (χ4v) is 1.48. The van der Waals surface area contributed by atoms with Gasteiger partial charge in [-0.15, -0.1) is 0 Å². The summed E-state index contributed by atoms with van der Waals surface area (Å²) in [6.45, 7) is 8.19. The van der Waals surface area contributed by atoms with E-state index in [9.17, 15) is 0 Å². The van der Waals surface area contributed by atoms with Crippen molar-refractivity contribution >= 4 is 17.9 Å². The Morgan fingerprint density at radius 2 is 2.31 bits per heavy atom. The zero-order valence-electron chi connectivity index (χ0n) is 7.91. The quantitative estimate of drug-likeness (QED) is 0.697. The van der Waals surface area contributed by atoms with Crippen LogP contribution in [-0.4, -0.2) is 10.9 Å². The summed E-state index contributed by atoms with van der Waals surface area (Å²) < 4.78 is 2.14. The highest BCUT2D eigenvalue weighted by Gasteiger charge is 2.14.